The minimum Gasteiger partial charge on any atom is -0.496 e. The first-order chi connectivity index (χ1) is 10.4. The summed E-state index contributed by atoms with van der Waals surface area (Å²) in [5, 5.41) is 0. The number of fused-ring (bicyclic) bond motifs is 3. The second kappa shape index (κ2) is 4.74. The number of pyridine rings is 1. The first kappa shape index (κ1) is 12.1. The molecule has 4 nitrogen and oxygen atoms in total. The van der Waals surface area contributed by atoms with Crippen LogP contribution in [0.4, 0.5) is 0 Å². The van der Waals surface area contributed by atoms with Crippen molar-refractivity contribution in [3.05, 3.63) is 54.0 Å². The molecule has 0 fully saturated rings. The fraction of sp³-hybridized carbons (Fsp3) is 0.176. The minimum absolute atomic E-state index is 0.651. The van der Waals surface area contributed by atoms with Crippen LogP contribution in [0.15, 0.2) is 47.1 Å². The molecule has 0 spiro atoms. The Hall–Kier alpha value is -2.62. The minimum atomic E-state index is 0.651. The first-order valence-electron chi connectivity index (χ1n) is 6.93. The standard InChI is InChI=1S/C17H14N2O2/c1-20-15-4-2-3-13-12(15)5-6-14-16(13)21-17(19-14)11-7-9-18-10-8-11/h2-4,7-10H,5-6H2,1H3. The Balaban J connectivity index is 1.86. The molecule has 1 aromatic carbocycles. The van der Waals surface area contributed by atoms with E-state index in [1.165, 1.54) is 5.56 Å². The molecule has 2 heterocycles. The van der Waals surface area contributed by atoms with E-state index in [0.717, 1.165) is 41.2 Å². The lowest BCUT2D eigenvalue weighted by Gasteiger charge is -2.16. The van der Waals surface area contributed by atoms with Crippen LogP contribution in [0, 0.1) is 0 Å². The summed E-state index contributed by atoms with van der Waals surface area (Å²) in [6.45, 7) is 0. The van der Waals surface area contributed by atoms with Crippen molar-refractivity contribution in [2.24, 2.45) is 0 Å². The van der Waals surface area contributed by atoms with E-state index in [1.807, 2.05) is 24.3 Å². The Kier molecular flexibility index (Phi) is 2.74. The van der Waals surface area contributed by atoms with Gasteiger partial charge in [-0.2, -0.15) is 0 Å². The van der Waals surface area contributed by atoms with Gasteiger partial charge in [0.1, 0.15) is 5.75 Å². The molecule has 1 aliphatic carbocycles. The molecular formula is C17H14N2O2. The fourth-order valence-electron chi connectivity index (χ4n) is 2.82. The zero-order valence-corrected chi connectivity index (χ0v) is 11.7. The maximum absolute atomic E-state index is 6.02. The largest absolute Gasteiger partial charge is 0.496 e. The summed E-state index contributed by atoms with van der Waals surface area (Å²) < 4.78 is 11.5. The number of ether oxygens (including phenoxy) is 1. The number of hydrogen-bond donors (Lipinski definition) is 0. The van der Waals surface area contributed by atoms with Gasteiger partial charge in [0.05, 0.1) is 12.8 Å². The van der Waals surface area contributed by atoms with Crippen LogP contribution >= 0.6 is 0 Å². The van der Waals surface area contributed by atoms with Crippen molar-refractivity contribution >= 4 is 0 Å². The number of hydrogen-bond acceptors (Lipinski definition) is 4. The van der Waals surface area contributed by atoms with Crippen LogP contribution in [-0.2, 0) is 12.8 Å². The highest BCUT2D eigenvalue weighted by Gasteiger charge is 2.25. The molecule has 4 rings (SSSR count). The van der Waals surface area contributed by atoms with Gasteiger partial charge in [-0.1, -0.05) is 12.1 Å². The Bertz CT molecular complexity index is 794. The quantitative estimate of drug-likeness (QED) is 0.719. The second-order valence-corrected chi connectivity index (χ2v) is 5.02. The molecule has 0 radical (unpaired) electrons. The summed E-state index contributed by atoms with van der Waals surface area (Å²) in [6.07, 6.45) is 5.29. The van der Waals surface area contributed by atoms with Crippen molar-refractivity contribution in [2.45, 2.75) is 12.8 Å². The van der Waals surface area contributed by atoms with Gasteiger partial charge in [-0.05, 0) is 31.0 Å². The smallest absolute Gasteiger partial charge is 0.227 e. The molecule has 0 saturated carbocycles. The number of benzene rings is 1. The van der Waals surface area contributed by atoms with Crippen LogP contribution in [-0.4, -0.2) is 17.1 Å². The molecule has 2 aromatic heterocycles. The van der Waals surface area contributed by atoms with E-state index in [9.17, 15) is 0 Å². The van der Waals surface area contributed by atoms with Crippen molar-refractivity contribution in [3.8, 4) is 28.5 Å². The molecule has 0 unspecified atom stereocenters. The zero-order valence-electron chi connectivity index (χ0n) is 11.7. The molecule has 104 valence electrons. The normalized spacial score (nSPS) is 12.6. The summed E-state index contributed by atoms with van der Waals surface area (Å²) in [4.78, 5) is 8.67. The van der Waals surface area contributed by atoms with Crippen molar-refractivity contribution < 1.29 is 9.15 Å². The van der Waals surface area contributed by atoms with Crippen molar-refractivity contribution in [1.82, 2.24) is 9.97 Å². The van der Waals surface area contributed by atoms with Gasteiger partial charge >= 0.3 is 0 Å². The molecule has 0 amide bonds. The summed E-state index contributed by atoms with van der Waals surface area (Å²) in [6, 6.07) is 9.86. The second-order valence-electron chi connectivity index (χ2n) is 5.02. The van der Waals surface area contributed by atoms with E-state index < -0.39 is 0 Å². The third kappa shape index (κ3) is 1.91. The van der Waals surface area contributed by atoms with Gasteiger partial charge in [0.2, 0.25) is 5.89 Å². The first-order valence-corrected chi connectivity index (χ1v) is 6.93. The van der Waals surface area contributed by atoms with Crippen molar-refractivity contribution in [1.29, 1.82) is 0 Å². The molecule has 0 bridgehead atoms. The molecule has 4 heteroatoms. The summed E-state index contributed by atoms with van der Waals surface area (Å²) >= 11 is 0. The van der Waals surface area contributed by atoms with E-state index in [1.54, 1.807) is 19.5 Å². The van der Waals surface area contributed by atoms with Crippen LogP contribution in [0.2, 0.25) is 0 Å². The number of rotatable bonds is 2. The van der Waals surface area contributed by atoms with E-state index in [2.05, 4.69) is 16.0 Å². The van der Waals surface area contributed by atoms with Crippen LogP contribution < -0.4 is 4.74 Å². The molecule has 3 aromatic rings. The van der Waals surface area contributed by atoms with E-state index in [-0.39, 0.29) is 0 Å². The van der Waals surface area contributed by atoms with Gasteiger partial charge < -0.3 is 9.15 Å². The highest BCUT2D eigenvalue weighted by molar-refractivity contribution is 5.71. The average Bonchev–Trinajstić information content (AvgIpc) is 2.99. The van der Waals surface area contributed by atoms with Crippen molar-refractivity contribution in [3.63, 3.8) is 0 Å². The Morgan fingerprint density at radius 2 is 1.95 bits per heavy atom. The molecule has 21 heavy (non-hydrogen) atoms. The number of nitrogens with zero attached hydrogens (tertiary/aromatic N) is 2. The predicted molar refractivity (Wildman–Crippen MR) is 79.1 cm³/mol. The highest BCUT2D eigenvalue weighted by Crippen LogP contribution is 2.39. The predicted octanol–water partition coefficient (Wildman–Crippen LogP) is 3.51. The highest BCUT2D eigenvalue weighted by atomic mass is 16.5. The monoisotopic (exact) mass is 278 g/mol. The molecular weight excluding hydrogens is 264 g/mol. The van der Waals surface area contributed by atoms with Gasteiger partial charge in [0, 0.05) is 29.1 Å². The fourth-order valence-corrected chi connectivity index (χ4v) is 2.82. The van der Waals surface area contributed by atoms with Crippen LogP contribution in [0.5, 0.6) is 5.75 Å². The van der Waals surface area contributed by atoms with Crippen LogP contribution in [0.3, 0.4) is 0 Å². The maximum Gasteiger partial charge on any atom is 0.227 e. The number of aryl methyl sites for hydroxylation is 1. The molecule has 0 aliphatic heterocycles. The molecule has 1 aliphatic rings. The maximum atomic E-state index is 6.02. The zero-order chi connectivity index (χ0) is 14.2. The SMILES string of the molecule is COc1cccc2c1CCc1nc(-c3ccncc3)oc1-2. The lowest BCUT2D eigenvalue weighted by molar-refractivity contribution is 0.409. The van der Waals surface area contributed by atoms with Gasteiger partial charge in [0.25, 0.3) is 0 Å². The molecule has 0 atom stereocenters. The van der Waals surface area contributed by atoms with Crippen LogP contribution in [0.1, 0.15) is 11.3 Å². The van der Waals surface area contributed by atoms with E-state index in [0.29, 0.717) is 5.89 Å². The summed E-state index contributed by atoms with van der Waals surface area (Å²) in [5.74, 6) is 2.43. The summed E-state index contributed by atoms with van der Waals surface area (Å²) in [5.41, 5.74) is 4.25. The lowest BCUT2D eigenvalue weighted by Crippen LogP contribution is -2.04. The van der Waals surface area contributed by atoms with Crippen LogP contribution in [0.25, 0.3) is 22.8 Å². The third-order valence-corrected chi connectivity index (χ3v) is 3.83. The number of oxazole rings is 1. The third-order valence-electron chi connectivity index (χ3n) is 3.83. The average molecular weight is 278 g/mol. The van der Waals surface area contributed by atoms with Gasteiger partial charge in [-0.15, -0.1) is 0 Å². The molecule has 0 N–H and O–H groups in total. The van der Waals surface area contributed by atoms with Gasteiger partial charge in [-0.25, -0.2) is 4.98 Å². The van der Waals surface area contributed by atoms with Crippen molar-refractivity contribution in [2.75, 3.05) is 7.11 Å². The van der Waals surface area contributed by atoms with E-state index in [4.69, 9.17) is 9.15 Å². The topological polar surface area (TPSA) is 48.2 Å². The van der Waals surface area contributed by atoms with Gasteiger partial charge in [0.15, 0.2) is 5.76 Å². The lowest BCUT2D eigenvalue weighted by atomic mass is 9.92. The van der Waals surface area contributed by atoms with Gasteiger partial charge in [-0.3, -0.25) is 4.98 Å². The Labute approximate surface area is 122 Å². The van der Waals surface area contributed by atoms with E-state index >= 15 is 0 Å². The summed E-state index contributed by atoms with van der Waals surface area (Å²) in [7, 11) is 1.70. The Morgan fingerprint density at radius 1 is 1.10 bits per heavy atom. The molecule has 0 saturated heterocycles. The Morgan fingerprint density at radius 3 is 2.76 bits per heavy atom. The number of methoxy groups -OCH3 is 1. The number of aromatic nitrogens is 2.